The van der Waals surface area contributed by atoms with Crippen LogP contribution in [0, 0.1) is 11.8 Å². The molecule has 0 aliphatic carbocycles. The van der Waals surface area contributed by atoms with E-state index in [-0.39, 0.29) is 35.0 Å². The van der Waals surface area contributed by atoms with Gasteiger partial charge in [-0.1, -0.05) is 27.0 Å². The molecule has 0 fully saturated rings. The fourth-order valence-corrected chi connectivity index (χ4v) is 3.06. The van der Waals surface area contributed by atoms with Crippen LogP contribution in [0.5, 0.6) is 0 Å². The molecule has 0 radical (unpaired) electrons. The fourth-order valence-electron chi connectivity index (χ4n) is 3.06. The lowest BCUT2D eigenvalue weighted by molar-refractivity contribution is -0.140. The van der Waals surface area contributed by atoms with E-state index < -0.39 is 0 Å². The minimum Gasteiger partial charge on any atom is -0.462 e. The molecule has 36 heavy (non-hydrogen) atoms. The second-order valence-electron chi connectivity index (χ2n) is 11.1. The zero-order chi connectivity index (χ0) is 27.8. The van der Waals surface area contributed by atoms with Gasteiger partial charge in [0.25, 0.3) is 0 Å². The average molecular weight is 513 g/mol. The van der Waals surface area contributed by atoms with Gasteiger partial charge in [-0.25, -0.2) is 9.59 Å². The summed E-state index contributed by atoms with van der Waals surface area (Å²) in [6, 6.07) is 0. The first-order chi connectivity index (χ1) is 16.6. The van der Waals surface area contributed by atoms with Gasteiger partial charge in [-0.2, -0.15) is 0 Å². The normalized spacial score (nSPS) is 13.7. The molecule has 0 spiro atoms. The van der Waals surface area contributed by atoms with Crippen LogP contribution in [0.4, 0.5) is 0 Å². The van der Waals surface area contributed by atoms with E-state index in [1.165, 1.54) is 0 Å². The quantitative estimate of drug-likeness (QED) is 0.135. The van der Waals surface area contributed by atoms with Crippen LogP contribution >= 0.6 is 0 Å². The van der Waals surface area contributed by atoms with Crippen LogP contribution in [-0.2, 0) is 28.5 Å². The Labute approximate surface area is 219 Å². The Kier molecular flexibility index (Phi) is 16.8. The molecular formula is C28H52N2O6. The molecular weight excluding hydrogens is 460 g/mol. The molecule has 0 rings (SSSR count). The summed E-state index contributed by atoms with van der Waals surface area (Å²) < 4.78 is 22.5. The highest BCUT2D eigenvalue weighted by Crippen LogP contribution is 2.16. The van der Waals surface area contributed by atoms with Crippen molar-refractivity contribution in [3.63, 3.8) is 0 Å². The smallest absolute Gasteiger partial charge is 0.333 e. The number of carbonyl (C=O) groups is 2. The van der Waals surface area contributed by atoms with Gasteiger partial charge < -0.3 is 29.6 Å². The van der Waals surface area contributed by atoms with Crippen molar-refractivity contribution in [3.8, 4) is 0 Å². The van der Waals surface area contributed by atoms with Gasteiger partial charge in [-0.15, -0.1) is 0 Å². The highest BCUT2D eigenvalue weighted by molar-refractivity contribution is 5.87. The van der Waals surface area contributed by atoms with Crippen molar-refractivity contribution in [2.45, 2.75) is 79.4 Å². The molecule has 0 saturated heterocycles. The highest BCUT2D eigenvalue weighted by Gasteiger charge is 2.21. The molecule has 0 bridgehead atoms. The SMILES string of the molecule is C=C(C)C(=O)OCC(C)CNCCC(C)(C)OCCOC(C)(C)CCNCC(C)COC(=O)C(=C)C. The van der Waals surface area contributed by atoms with Crippen molar-refractivity contribution in [1.82, 2.24) is 10.6 Å². The van der Waals surface area contributed by atoms with E-state index in [0.29, 0.717) is 37.6 Å². The van der Waals surface area contributed by atoms with Gasteiger partial charge in [0.15, 0.2) is 0 Å². The molecule has 210 valence electrons. The molecule has 0 saturated carbocycles. The van der Waals surface area contributed by atoms with Gasteiger partial charge in [0.1, 0.15) is 0 Å². The van der Waals surface area contributed by atoms with Crippen molar-refractivity contribution >= 4 is 11.9 Å². The first-order valence-electron chi connectivity index (χ1n) is 13.0. The summed E-state index contributed by atoms with van der Waals surface area (Å²) in [5.41, 5.74) is 0.315. The van der Waals surface area contributed by atoms with E-state index in [1.54, 1.807) is 13.8 Å². The third kappa shape index (κ3) is 18.5. The first kappa shape index (κ1) is 34.3. The van der Waals surface area contributed by atoms with E-state index in [9.17, 15) is 9.59 Å². The van der Waals surface area contributed by atoms with Gasteiger partial charge in [0, 0.05) is 36.1 Å². The molecule has 0 amide bonds. The lowest BCUT2D eigenvalue weighted by Crippen LogP contribution is -2.35. The summed E-state index contributed by atoms with van der Waals surface area (Å²) in [7, 11) is 0. The van der Waals surface area contributed by atoms with Gasteiger partial charge in [0.05, 0.1) is 37.6 Å². The van der Waals surface area contributed by atoms with Crippen molar-refractivity contribution in [2.24, 2.45) is 11.8 Å². The third-order valence-corrected chi connectivity index (χ3v) is 5.56. The Morgan fingerprint density at radius 2 is 1.06 bits per heavy atom. The van der Waals surface area contributed by atoms with E-state index >= 15 is 0 Å². The van der Waals surface area contributed by atoms with Crippen molar-refractivity contribution < 1.29 is 28.5 Å². The van der Waals surface area contributed by atoms with Gasteiger partial charge in [-0.05, 0) is 67.5 Å². The number of ether oxygens (including phenoxy) is 4. The van der Waals surface area contributed by atoms with E-state index in [4.69, 9.17) is 18.9 Å². The van der Waals surface area contributed by atoms with Crippen LogP contribution in [0.1, 0.15) is 68.2 Å². The zero-order valence-corrected chi connectivity index (χ0v) is 24.1. The maximum Gasteiger partial charge on any atom is 0.333 e. The topological polar surface area (TPSA) is 95.1 Å². The lowest BCUT2D eigenvalue weighted by atomic mass is 10.0. The van der Waals surface area contributed by atoms with E-state index in [0.717, 1.165) is 39.0 Å². The number of rotatable bonds is 21. The third-order valence-electron chi connectivity index (χ3n) is 5.56. The van der Waals surface area contributed by atoms with Crippen LogP contribution in [0.15, 0.2) is 24.3 Å². The molecule has 0 aromatic carbocycles. The van der Waals surface area contributed by atoms with E-state index in [2.05, 4.69) is 51.5 Å². The number of hydrogen-bond donors (Lipinski definition) is 2. The molecule has 2 atom stereocenters. The summed E-state index contributed by atoms with van der Waals surface area (Å²) in [5, 5.41) is 6.81. The minimum absolute atomic E-state index is 0.227. The molecule has 2 N–H and O–H groups in total. The maximum atomic E-state index is 11.5. The Hall–Kier alpha value is -1.74. The Balaban J connectivity index is 3.93. The van der Waals surface area contributed by atoms with E-state index in [1.807, 2.05) is 13.8 Å². The molecule has 0 aromatic rings. The summed E-state index contributed by atoms with van der Waals surface area (Å²) in [5.74, 6) is -0.229. The standard InChI is InChI=1S/C28H52N2O6/c1-21(2)25(31)33-19-23(5)17-29-13-11-27(7,8)35-15-16-36-28(9,10)12-14-30-18-24(6)20-34-26(32)22(3)4/h23-24,29-30H,1,3,11-20H2,2,4-10H3. The van der Waals surface area contributed by atoms with Gasteiger partial charge in [-0.3, -0.25) is 0 Å². The van der Waals surface area contributed by atoms with Gasteiger partial charge in [0.2, 0.25) is 0 Å². The average Bonchev–Trinajstić information content (AvgIpc) is 2.79. The lowest BCUT2D eigenvalue weighted by Gasteiger charge is -2.29. The fraction of sp³-hybridized carbons (Fsp3) is 0.786. The summed E-state index contributed by atoms with van der Waals surface area (Å²) in [6.45, 7) is 27.8. The maximum absolute atomic E-state index is 11.5. The number of nitrogens with one attached hydrogen (secondary N) is 2. The molecule has 8 nitrogen and oxygen atoms in total. The van der Waals surface area contributed by atoms with Crippen LogP contribution in [0.2, 0.25) is 0 Å². The summed E-state index contributed by atoms with van der Waals surface area (Å²) in [6.07, 6.45) is 1.72. The van der Waals surface area contributed by atoms with Crippen LogP contribution in [0.3, 0.4) is 0 Å². The largest absolute Gasteiger partial charge is 0.462 e. The monoisotopic (exact) mass is 512 g/mol. The second-order valence-corrected chi connectivity index (χ2v) is 11.1. The minimum atomic E-state index is -0.341. The Bertz CT molecular complexity index is 632. The Morgan fingerprint density at radius 1 is 0.722 bits per heavy atom. The molecule has 2 unspecified atom stereocenters. The van der Waals surface area contributed by atoms with Crippen LogP contribution in [-0.4, -0.2) is 75.7 Å². The molecule has 8 heteroatoms. The summed E-state index contributed by atoms with van der Waals surface area (Å²) in [4.78, 5) is 22.9. The second kappa shape index (κ2) is 17.7. The number of hydrogen-bond acceptors (Lipinski definition) is 8. The highest BCUT2D eigenvalue weighted by atomic mass is 16.5. The number of esters is 2. The number of carbonyl (C=O) groups excluding carboxylic acids is 2. The zero-order valence-electron chi connectivity index (χ0n) is 24.1. The molecule has 0 aliphatic rings. The predicted molar refractivity (Wildman–Crippen MR) is 145 cm³/mol. The van der Waals surface area contributed by atoms with Crippen molar-refractivity contribution in [3.05, 3.63) is 24.3 Å². The molecule has 0 aliphatic heterocycles. The van der Waals surface area contributed by atoms with Crippen LogP contribution < -0.4 is 10.6 Å². The van der Waals surface area contributed by atoms with Crippen molar-refractivity contribution in [1.29, 1.82) is 0 Å². The van der Waals surface area contributed by atoms with Crippen LogP contribution in [0.25, 0.3) is 0 Å². The van der Waals surface area contributed by atoms with Gasteiger partial charge >= 0.3 is 11.9 Å². The summed E-state index contributed by atoms with van der Waals surface area (Å²) >= 11 is 0. The van der Waals surface area contributed by atoms with Crippen molar-refractivity contribution in [2.75, 3.05) is 52.6 Å². The predicted octanol–water partition coefficient (Wildman–Crippen LogP) is 4.05. The molecule has 0 aromatic heterocycles. The first-order valence-corrected chi connectivity index (χ1v) is 13.0. The Morgan fingerprint density at radius 3 is 1.36 bits per heavy atom. The molecule has 0 heterocycles.